The minimum absolute atomic E-state index is 0.470. The van der Waals surface area contributed by atoms with Crippen LogP contribution in [0.2, 0.25) is 0 Å². The number of fused-ring (bicyclic) bond motifs is 20. The standard InChI is InChI=1S/C71H43NO/c1-2-16-44(17-3-1)45-30-33-48(34-31-45)72(50-35-38-60-59-26-12-15-29-66(59)71(67(60)43-50)64-27-13-10-24-57(64)58-25-11-14-28-65(58)71)49-36-39-68-62(42-49)63-40-46-18-4-5-19-51(46)69(70(63)73-68)47-32-37-56-54-22-7-6-20-52(54)53-21-8-9-23-55(53)61(56)41-47/h1-43H. The van der Waals surface area contributed by atoms with Crippen molar-refractivity contribution in [1.82, 2.24) is 0 Å². The molecular formula is C71H43NO. The predicted octanol–water partition coefficient (Wildman–Crippen LogP) is 19.3. The van der Waals surface area contributed by atoms with Gasteiger partial charge in [0.05, 0.1) is 5.41 Å². The van der Waals surface area contributed by atoms with Crippen LogP contribution in [0.25, 0.3) is 110 Å². The van der Waals surface area contributed by atoms with Gasteiger partial charge < -0.3 is 9.32 Å². The van der Waals surface area contributed by atoms with Gasteiger partial charge in [-0.2, -0.15) is 0 Å². The lowest BCUT2D eigenvalue weighted by atomic mass is 9.70. The molecule has 338 valence electrons. The summed E-state index contributed by atoms with van der Waals surface area (Å²) in [5.74, 6) is 0. The quantitative estimate of drug-likeness (QED) is 0.160. The molecule has 0 atom stereocenters. The highest BCUT2D eigenvalue weighted by Gasteiger charge is 2.51. The minimum atomic E-state index is -0.470. The Morgan fingerprint density at radius 2 is 0.753 bits per heavy atom. The third-order valence-electron chi connectivity index (χ3n) is 16.2. The number of furan rings is 1. The number of hydrogen-bond donors (Lipinski definition) is 0. The molecule has 0 bridgehead atoms. The van der Waals surface area contributed by atoms with Gasteiger partial charge in [0.2, 0.25) is 0 Å². The van der Waals surface area contributed by atoms with Crippen molar-refractivity contribution in [1.29, 1.82) is 0 Å². The maximum atomic E-state index is 7.13. The molecule has 0 fully saturated rings. The zero-order chi connectivity index (χ0) is 47.8. The van der Waals surface area contributed by atoms with Crippen LogP contribution in [0, 0.1) is 0 Å². The highest BCUT2D eigenvalue weighted by molar-refractivity contribution is 6.27. The van der Waals surface area contributed by atoms with E-state index in [2.05, 4.69) is 266 Å². The Labute approximate surface area is 422 Å². The molecule has 2 heteroatoms. The maximum absolute atomic E-state index is 7.13. The van der Waals surface area contributed by atoms with Crippen LogP contribution in [-0.4, -0.2) is 0 Å². The van der Waals surface area contributed by atoms with E-state index in [9.17, 15) is 0 Å². The molecule has 0 radical (unpaired) electrons. The normalized spacial score (nSPS) is 13.0. The number of hydrogen-bond acceptors (Lipinski definition) is 2. The van der Waals surface area contributed by atoms with E-state index in [1.807, 2.05) is 0 Å². The fourth-order valence-electron chi connectivity index (χ4n) is 13.2. The first-order chi connectivity index (χ1) is 36.2. The smallest absolute Gasteiger partial charge is 0.143 e. The van der Waals surface area contributed by atoms with Crippen molar-refractivity contribution in [2.45, 2.75) is 5.41 Å². The second-order valence-corrected chi connectivity index (χ2v) is 19.8. The van der Waals surface area contributed by atoms with Gasteiger partial charge in [0.25, 0.3) is 0 Å². The molecule has 14 aromatic rings. The summed E-state index contributed by atoms with van der Waals surface area (Å²) in [6, 6.07) is 96.5. The number of nitrogens with zero attached hydrogens (tertiary/aromatic N) is 1. The zero-order valence-electron chi connectivity index (χ0n) is 39.7. The number of benzene rings is 13. The first-order valence-corrected chi connectivity index (χ1v) is 25.3. The Morgan fingerprint density at radius 3 is 1.41 bits per heavy atom. The molecule has 0 unspecified atom stereocenters. The van der Waals surface area contributed by atoms with Gasteiger partial charge in [0.15, 0.2) is 0 Å². The van der Waals surface area contributed by atoms with Crippen LogP contribution in [0.1, 0.15) is 22.3 Å². The van der Waals surface area contributed by atoms with Crippen molar-refractivity contribution in [2.75, 3.05) is 4.90 Å². The zero-order valence-corrected chi connectivity index (χ0v) is 39.7. The van der Waals surface area contributed by atoms with Gasteiger partial charge in [-0.3, -0.25) is 0 Å². The summed E-state index contributed by atoms with van der Waals surface area (Å²) in [6.45, 7) is 0. The Morgan fingerprint density at radius 1 is 0.274 bits per heavy atom. The van der Waals surface area contributed by atoms with Crippen molar-refractivity contribution in [3.8, 4) is 44.5 Å². The summed E-state index contributed by atoms with van der Waals surface area (Å²) < 4.78 is 7.13. The Kier molecular flexibility index (Phi) is 8.41. The summed E-state index contributed by atoms with van der Waals surface area (Å²) in [6.07, 6.45) is 0. The monoisotopic (exact) mass is 925 g/mol. The SMILES string of the molecule is c1ccc(-c2ccc(N(c3ccc4c(c3)C3(c5ccccc5-c5ccccc53)c3ccccc3-4)c3ccc4oc5c(-c6ccc7c8ccccc8c8ccccc8c7c6)c6ccccc6cc5c4c3)cc2)cc1. The van der Waals surface area contributed by atoms with Gasteiger partial charge >= 0.3 is 0 Å². The molecule has 16 rings (SSSR count). The minimum Gasteiger partial charge on any atom is -0.455 e. The molecule has 2 aliphatic carbocycles. The first kappa shape index (κ1) is 40.3. The van der Waals surface area contributed by atoms with E-state index in [1.54, 1.807) is 0 Å². The molecular weight excluding hydrogens is 883 g/mol. The first-order valence-electron chi connectivity index (χ1n) is 25.3. The lowest BCUT2D eigenvalue weighted by Crippen LogP contribution is -2.26. The topological polar surface area (TPSA) is 16.4 Å². The van der Waals surface area contributed by atoms with Crippen LogP contribution < -0.4 is 4.90 Å². The predicted molar refractivity (Wildman–Crippen MR) is 306 cm³/mol. The summed E-state index contributed by atoms with van der Waals surface area (Å²) in [4.78, 5) is 2.44. The van der Waals surface area contributed by atoms with Gasteiger partial charge in [0.1, 0.15) is 11.2 Å². The van der Waals surface area contributed by atoms with Crippen molar-refractivity contribution in [2.24, 2.45) is 0 Å². The highest BCUT2D eigenvalue weighted by Crippen LogP contribution is 2.63. The van der Waals surface area contributed by atoms with Gasteiger partial charge in [-0.1, -0.05) is 206 Å². The molecule has 0 aliphatic heterocycles. The highest BCUT2D eigenvalue weighted by atomic mass is 16.3. The molecule has 73 heavy (non-hydrogen) atoms. The lowest BCUT2D eigenvalue weighted by molar-refractivity contribution is 0.670. The molecule has 2 aliphatic rings. The van der Waals surface area contributed by atoms with Crippen molar-refractivity contribution in [3.63, 3.8) is 0 Å². The van der Waals surface area contributed by atoms with Crippen LogP contribution >= 0.6 is 0 Å². The molecule has 0 saturated carbocycles. The molecule has 1 aromatic heterocycles. The fraction of sp³-hybridized carbons (Fsp3) is 0.0141. The molecule has 0 saturated heterocycles. The van der Waals surface area contributed by atoms with Gasteiger partial charge in [0, 0.05) is 33.4 Å². The van der Waals surface area contributed by atoms with E-state index in [4.69, 9.17) is 4.42 Å². The average Bonchev–Trinajstić information content (AvgIpc) is 4.08. The number of rotatable bonds is 5. The van der Waals surface area contributed by atoms with Crippen LogP contribution in [0.4, 0.5) is 17.1 Å². The van der Waals surface area contributed by atoms with Crippen LogP contribution in [0.15, 0.2) is 265 Å². The summed E-state index contributed by atoms with van der Waals surface area (Å²) in [5, 5.41) is 12.1. The lowest BCUT2D eigenvalue weighted by Gasteiger charge is -2.32. The van der Waals surface area contributed by atoms with Crippen LogP contribution in [-0.2, 0) is 5.41 Å². The van der Waals surface area contributed by atoms with Crippen molar-refractivity contribution >= 4 is 82.1 Å². The summed E-state index contributed by atoms with van der Waals surface area (Å²) in [5.41, 5.74) is 19.6. The molecule has 0 amide bonds. The van der Waals surface area contributed by atoms with Crippen molar-refractivity contribution in [3.05, 3.63) is 283 Å². The Bertz CT molecular complexity index is 4520. The molecule has 2 nitrogen and oxygen atoms in total. The summed E-state index contributed by atoms with van der Waals surface area (Å²) in [7, 11) is 0. The van der Waals surface area contributed by atoms with Crippen LogP contribution in [0.3, 0.4) is 0 Å². The van der Waals surface area contributed by atoms with E-state index >= 15 is 0 Å². The maximum Gasteiger partial charge on any atom is 0.143 e. The average molecular weight is 926 g/mol. The Hall–Kier alpha value is -9.50. The molecule has 1 heterocycles. The third-order valence-corrected chi connectivity index (χ3v) is 16.2. The molecule has 1 spiro atoms. The van der Waals surface area contributed by atoms with E-state index < -0.39 is 5.41 Å². The molecule has 13 aromatic carbocycles. The van der Waals surface area contributed by atoms with E-state index in [0.717, 1.165) is 50.1 Å². The van der Waals surface area contributed by atoms with Gasteiger partial charge in [-0.05, 0) is 159 Å². The largest absolute Gasteiger partial charge is 0.455 e. The molecule has 0 N–H and O–H groups in total. The fourth-order valence-corrected chi connectivity index (χ4v) is 13.2. The second kappa shape index (κ2) is 15.3. The van der Waals surface area contributed by atoms with E-state index in [-0.39, 0.29) is 0 Å². The van der Waals surface area contributed by atoms with E-state index in [0.29, 0.717) is 0 Å². The third kappa shape index (κ3) is 5.63. The van der Waals surface area contributed by atoms with Crippen molar-refractivity contribution < 1.29 is 4.42 Å². The van der Waals surface area contributed by atoms with Gasteiger partial charge in [-0.15, -0.1) is 0 Å². The van der Waals surface area contributed by atoms with E-state index in [1.165, 1.54) is 98.7 Å². The van der Waals surface area contributed by atoms with Gasteiger partial charge in [-0.25, -0.2) is 0 Å². The number of anilines is 3. The second-order valence-electron chi connectivity index (χ2n) is 19.8. The Balaban J connectivity index is 0.925. The van der Waals surface area contributed by atoms with Crippen LogP contribution in [0.5, 0.6) is 0 Å². The summed E-state index contributed by atoms with van der Waals surface area (Å²) >= 11 is 0.